The van der Waals surface area contributed by atoms with Crippen molar-refractivity contribution in [2.45, 2.75) is 40.3 Å². The van der Waals surface area contributed by atoms with Gasteiger partial charge in [-0.15, -0.1) is 0 Å². The molecule has 2 heterocycles. The number of esters is 1. The highest BCUT2D eigenvalue weighted by atomic mass is 16.6. The Morgan fingerprint density at radius 1 is 1.06 bits per heavy atom. The summed E-state index contributed by atoms with van der Waals surface area (Å²) in [5, 5.41) is 0. The molecule has 3 rings (SSSR count). The number of aromatic nitrogens is 4. The summed E-state index contributed by atoms with van der Waals surface area (Å²) < 4.78 is 15.0. The third kappa shape index (κ3) is 4.03. The van der Waals surface area contributed by atoms with E-state index in [1.807, 2.05) is 13.0 Å². The highest BCUT2D eigenvalue weighted by Crippen LogP contribution is 2.29. The molecule has 0 saturated carbocycles. The monoisotopic (exact) mass is 426 g/mol. The number of nitrogens with zero attached hydrogens (tertiary/aromatic N) is 4. The number of hydrogen-bond donors (Lipinski definition) is 0. The minimum Gasteiger partial charge on any atom is -0.493 e. The van der Waals surface area contributed by atoms with E-state index in [9.17, 15) is 14.4 Å². The minimum absolute atomic E-state index is 0.264. The molecule has 0 fully saturated rings. The van der Waals surface area contributed by atoms with E-state index in [4.69, 9.17) is 9.47 Å². The molecule has 0 amide bonds. The second-order valence-electron chi connectivity index (χ2n) is 6.85. The molecule has 164 valence electrons. The van der Waals surface area contributed by atoms with Crippen LogP contribution in [0, 0.1) is 0 Å². The first-order chi connectivity index (χ1) is 14.9. The maximum Gasteiger partial charge on any atom is 0.332 e. The standard InChI is InChI=1S/C22H26N4O5/c1-6-18(27)31-15-11-9-14(13-16(15)30-5)10-12-17-23-20-19(24(17)4)21(28)26(8-3)22(29)25(20)7-2/h9-13H,6-8H2,1-5H3/b12-10+. The van der Waals surface area contributed by atoms with E-state index in [0.29, 0.717) is 41.6 Å². The van der Waals surface area contributed by atoms with Crippen LogP contribution in [0.2, 0.25) is 0 Å². The van der Waals surface area contributed by atoms with Gasteiger partial charge >= 0.3 is 11.7 Å². The van der Waals surface area contributed by atoms with Gasteiger partial charge < -0.3 is 14.0 Å². The van der Waals surface area contributed by atoms with Crippen LogP contribution in [0.15, 0.2) is 27.8 Å². The Morgan fingerprint density at radius 3 is 2.39 bits per heavy atom. The number of rotatable bonds is 7. The zero-order valence-electron chi connectivity index (χ0n) is 18.3. The lowest BCUT2D eigenvalue weighted by atomic mass is 10.2. The van der Waals surface area contributed by atoms with Crippen molar-refractivity contribution in [3.8, 4) is 11.5 Å². The van der Waals surface area contributed by atoms with Gasteiger partial charge in [0.2, 0.25) is 0 Å². The highest BCUT2D eigenvalue weighted by Gasteiger charge is 2.17. The maximum atomic E-state index is 12.8. The number of ether oxygens (including phenoxy) is 2. The summed E-state index contributed by atoms with van der Waals surface area (Å²) in [6, 6.07) is 5.19. The second-order valence-corrected chi connectivity index (χ2v) is 6.85. The molecule has 9 heteroatoms. The minimum atomic E-state index is -0.363. The van der Waals surface area contributed by atoms with Gasteiger partial charge in [-0.25, -0.2) is 9.78 Å². The average molecular weight is 426 g/mol. The van der Waals surface area contributed by atoms with Crippen LogP contribution in [0.1, 0.15) is 38.6 Å². The van der Waals surface area contributed by atoms with E-state index in [1.165, 1.54) is 16.2 Å². The highest BCUT2D eigenvalue weighted by molar-refractivity contribution is 5.77. The second kappa shape index (κ2) is 9.03. The summed E-state index contributed by atoms with van der Waals surface area (Å²) in [5.74, 6) is 0.963. The average Bonchev–Trinajstić information content (AvgIpc) is 3.09. The van der Waals surface area contributed by atoms with Gasteiger partial charge in [-0.3, -0.25) is 18.7 Å². The summed E-state index contributed by atoms with van der Waals surface area (Å²) in [7, 11) is 3.25. The summed E-state index contributed by atoms with van der Waals surface area (Å²) >= 11 is 0. The smallest absolute Gasteiger partial charge is 0.332 e. The van der Waals surface area contributed by atoms with Crippen LogP contribution in [-0.2, 0) is 24.9 Å². The Kier molecular flexibility index (Phi) is 6.43. The molecule has 0 radical (unpaired) electrons. The van der Waals surface area contributed by atoms with Crippen LogP contribution in [-0.4, -0.2) is 31.8 Å². The van der Waals surface area contributed by atoms with Crippen LogP contribution in [0.25, 0.3) is 23.3 Å². The number of carbonyl (C=O) groups is 1. The molecule has 0 N–H and O–H groups in total. The van der Waals surface area contributed by atoms with E-state index < -0.39 is 0 Å². The topological polar surface area (TPSA) is 97.4 Å². The predicted octanol–water partition coefficient (Wildman–Crippen LogP) is 2.43. The number of imidazole rings is 1. The Bertz CT molecular complexity index is 1280. The molecular formula is C22H26N4O5. The molecule has 0 unspecified atom stereocenters. The van der Waals surface area contributed by atoms with Gasteiger partial charge in [0.15, 0.2) is 22.7 Å². The number of hydrogen-bond acceptors (Lipinski definition) is 6. The van der Waals surface area contributed by atoms with E-state index in [2.05, 4.69) is 4.98 Å². The molecule has 0 aliphatic heterocycles. The fourth-order valence-electron chi connectivity index (χ4n) is 3.33. The summed E-state index contributed by atoms with van der Waals surface area (Å²) in [5.41, 5.74) is 0.814. The Balaban J connectivity index is 2.05. The third-order valence-corrected chi connectivity index (χ3v) is 5.03. The van der Waals surface area contributed by atoms with Crippen molar-refractivity contribution < 1.29 is 14.3 Å². The van der Waals surface area contributed by atoms with Crippen molar-refractivity contribution in [3.63, 3.8) is 0 Å². The fraction of sp³-hybridized carbons (Fsp3) is 0.364. The van der Waals surface area contributed by atoms with Crippen LogP contribution < -0.4 is 20.7 Å². The Hall–Kier alpha value is -3.62. The van der Waals surface area contributed by atoms with Crippen LogP contribution in [0.4, 0.5) is 0 Å². The number of carbonyl (C=O) groups excluding carboxylic acids is 1. The summed E-state index contributed by atoms with van der Waals surface area (Å²) in [6.45, 7) is 6.02. The first-order valence-electron chi connectivity index (χ1n) is 10.1. The number of benzene rings is 1. The lowest BCUT2D eigenvalue weighted by Crippen LogP contribution is -2.39. The van der Waals surface area contributed by atoms with E-state index in [-0.39, 0.29) is 23.6 Å². The van der Waals surface area contributed by atoms with E-state index in [1.54, 1.807) is 49.7 Å². The van der Waals surface area contributed by atoms with Gasteiger partial charge in [0.25, 0.3) is 5.56 Å². The molecule has 0 aliphatic rings. The molecule has 1 aromatic carbocycles. The van der Waals surface area contributed by atoms with Gasteiger partial charge in [0, 0.05) is 26.6 Å². The van der Waals surface area contributed by atoms with Crippen molar-refractivity contribution in [1.82, 2.24) is 18.7 Å². The molecule has 3 aromatic rings. The molecule has 0 atom stereocenters. The first-order valence-corrected chi connectivity index (χ1v) is 10.1. The summed E-state index contributed by atoms with van der Waals surface area (Å²) in [6.07, 6.45) is 3.83. The zero-order valence-corrected chi connectivity index (χ0v) is 18.3. The van der Waals surface area contributed by atoms with Crippen molar-refractivity contribution in [3.05, 3.63) is 50.4 Å². The Labute approximate surface area is 179 Å². The molecule has 0 bridgehead atoms. The molecule has 9 nitrogen and oxygen atoms in total. The van der Waals surface area contributed by atoms with Crippen molar-refractivity contribution >= 4 is 29.3 Å². The van der Waals surface area contributed by atoms with Crippen LogP contribution in [0.5, 0.6) is 11.5 Å². The molecule has 0 saturated heterocycles. The fourth-order valence-corrected chi connectivity index (χ4v) is 3.33. The number of aryl methyl sites for hydroxylation is 2. The molecule has 0 spiro atoms. The van der Waals surface area contributed by atoms with Gasteiger partial charge in [0.1, 0.15) is 5.82 Å². The maximum absolute atomic E-state index is 12.8. The molecule has 31 heavy (non-hydrogen) atoms. The van der Waals surface area contributed by atoms with Gasteiger partial charge in [-0.2, -0.15) is 0 Å². The van der Waals surface area contributed by atoms with Gasteiger partial charge in [0.05, 0.1) is 7.11 Å². The molecular weight excluding hydrogens is 400 g/mol. The van der Waals surface area contributed by atoms with Crippen molar-refractivity contribution in [1.29, 1.82) is 0 Å². The quantitative estimate of drug-likeness (QED) is 0.425. The normalized spacial score (nSPS) is 11.4. The third-order valence-electron chi connectivity index (χ3n) is 5.03. The molecule has 2 aromatic heterocycles. The van der Waals surface area contributed by atoms with E-state index >= 15 is 0 Å². The molecule has 0 aliphatic carbocycles. The van der Waals surface area contributed by atoms with E-state index in [0.717, 1.165) is 5.56 Å². The van der Waals surface area contributed by atoms with Crippen molar-refractivity contribution in [2.75, 3.05) is 7.11 Å². The number of fused-ring (bicyclic) bond motifs is 1. The predicted molar refractivity (Wildman–Crippen MR) is 118 cm³/mol. The van der Waals surface area contributed by atoms with Crippen LogP contribution >= 0.6 is 0 Å². The van der Waals surface area contributed by atoms with Gasteiger partial charge in [-0.05, 0) is 37.6 Å². The SMILES string of the molecule is CCC(=O)Oc1ccc(/C=C/c2nc3c(c(=O)n(CC)c(=O)n3CC)n2C)cc1OC. The zero-order chi connectivity index (χ0) is 22.7. The largest absolute Gasteiger partial charge is 0.493 e. The lowest BCUT2D eigenvalue weighted by molar-refractivity contribution is -0.134. The van der Waals surface area contributed by atoms with Gasteiger partial charge in [-0.1, -0.05) is 19.1 Å². The lowest BCUT2D eigenvalue weighted by Gasteiger charge is -2.09. The Morgan fingerprint density at radius 2 is 1.77 bits per heavy atom. The number of methoxy groups -OCH3 is 1. The van der Waals surface area contributed by atoms with Crippen LogP contribution in [0.3, 0.4) is 0 Å². The first kappa shape index (κ1) is 22.1. The van der Waals surface area contributed by atoms with Crippen molar-refractivity contribution in [2.24, 2.45) is 7.05 Å². The summed E-state index contributed by atoms with van der Waals surface area (Å²) in [4.78, 5) is 41.5.